The van der Waals surface area contributed by atoms with Crippen LogP contribution in [0.4, 0.5) is 20.3 Å². The molecule has 2 aliphatic rings. The smallest absolute Gasteiger partial charge is 0.253 e. The van der Waals surface area contributed by atoms with E-state index in [1.807, 2.05) is 59.5 Å². The van der Waals surface area contributed by atoms with Crippen LogP contribution in [0.2, 0.25) is 0 Å². The van der Waals surface area contributed by atoms with E-state index in [2.05, 4.69) is 52.1 Å². The Morgan fingerprint density at radius 3 is 2.37 bits per heavy atom. The summed E-state index contributed by atoms with van der Waals surface area (Å²) < 4.78 is 30.6. The first-order valence-electron chi connectivity index (χ1n) is 13.5. The highest BCUT2D eigenvalue weighted by Crippen LogP contribution is 2.35. The molecule has 41 heavy (non-hydrogen) atoms. The molecule has 1 aromatic heterocycles. The maximum atomic E-state index is 14.8. The molecule has 3 heterocycles. The van der Waals surface area contributed by atoms with Crippen LogP contribution in [-0.2, 0) is 6.54 Å². The summed E-state index contributed by atoms with van der Waals surface area (Å²) in [6.07, 6.45) is 0. The second-order valence-corrected chi connectivity index (χ2v) is 11.8. The van der Waals surface area contributed by atoms with Gasteiger partial charge in [-0.05, 0) is 91.0 Å². The van der Waals surface area contributed by atoms with E-state index in [0.29, 0.717) is 35.7 Å². The Bertz CT molecular complexity index is 1640. The molecule has 0 spiro atoms. The summed E-state index contributed by atoms with van der Waals surface area (Å²) >= 11 is 2.18. The van der Waals surface area contributed by atoms with Crippen LogP contribution >= 0.6 is 22.6 Å². The molecule has 6 nitrogen and oxygen atoms in total. The number of carbonyl (C=O) groups is 1. The molecular weight excluding hydrogens is 635 g/mol. The lowest BCUT2D eigenvalue weighted by Gasteiger charge is -2.36. The lowest BCUT2D eigenvalue weighted by Crippen LogP contribution is -2.55. The minimum atomic E-state index is -0.655. The van der Waals surface area contributed by atoms with Crippen LogP contribution in [0, 0.1) is 15.2 Å². The van der Waals surface area contributed by atoms with Crippen LogP contribution < -0.4 is 10.6 Å². The van der Waals surface area contributed by atoms with Crippen molar-refractivity contribution < 1.29 is 13.6 Å². The number of carbonyl (C=O) groups excluding carboxylic acids is 1. The van der Waals surface area contributed by atoms with Gasteiger partial charge in [-0.15, -0.1) is 0 Å². The van der Waals surface area contributed by atoms with Gasteiger partial charge in [0.15, 0.2) is 0 Å². The summed E-state index contributed by atoms with van der Waals surface area (Å²) in [6.45, 7) is 5.76. The van der Waals surface area contributed by atoms with Gasteiger partial charge in [0.1, 0.15) is 17.5 Å². The van der Waals surface area contributed by atoms with Crippen molar-refractivity contribution in [3.63, 3.8) is 0 Å². The summed E-state index contributed by atoms with van der Waals surface area (Å²) in [5.41, 5.74) is 4.50. The topological polar surface area (TPSA) is 69.6 Å². The van der Waals surface area contributed by atoms with Crippen LogP contribution in [0.15, 0.2) is 77.8 Å². The molecule has 0 bridgehead atoms. The fourth-order valence-electron chi connectivity index (χ4n) is 5.54. The minimum absolute atomic E-state index is 0.0215. The third kappa shape index (κ3) is 5.60. The molecule has 0 saturated carbocycles. The van der Waals surface area contributed by atoms with Crippen molar-refractivity contribution in [3.8, 4) is 11.3 Å². The number of nitrogens with zero attached hydrogens (tertiary/aromatic N) is 3. The van der Waals surface area contributed by atoms with Crippen LogP contribution in [0.5, 0.6) is 0 Å². The van der Waals surface area contributed by atoms with Gasteiger partial charge in [-0.25, -0.2) is 13.8 Å². The molecule has 1 fully saturated rings. The first kappa shape index (κ1) is 27.5. The lowest BCUT2D eigenvalue weighted by molar-refractivity contribution is 0.0674. The standard InChI is InChI=1S/C32H28F2IN5O/c1-18-16-40(17-19(2)37-18)32(41)20-6-10-23(11-7-20)38-28-13-8-21-15-36-31(29-26(33)4-3-5-27(29)34)25-14-22(35)9-12-24(25)30(21)39-28/h3-14,18-19,37H,15-17H2,1-2H3,(H,38,39). The summed E-state index contributed by atoms with van der Waals surface area (Å²) in [5.74, 6) is -0.679. The van der Waals surface area contributed by atoms with Gasteiger partial charge in [0.25, 0.3) is 5.91 Å². The van der Waals surface area contributed by atoms with E-state index in [0.717, 1.165) is 20.4 Å². The molecule has 0 radical (unpaired) electrons. The first-order chi connectivity index (χ1) is 19.8. The molecule has 3 aromatic carbocycles. The van der Waals surface area contributed by atoms with E-state index in [1.54, 1.807) is 0 Å². The average Bonchev–Trinajstić information content (AvgIpc) is 3.09. The number of hydrogen-bond acceptors (Lipinski definition) is 5. The summed E-state index contributed by atoms with van der Waals surface area (Å²) in [6, 6.07) is 21.3. The van der Waals surface area contributed by atoms with Gasteiger partial charge < -0.3 is 15.5 Å². The number of pyridine rings is 1. The minimum Gasteiger partial charge on any atom is -0.340 e. The normalized spacial score (nSPS) is 18.2. The number of rotatable bonds is 4. The quantitative estimate of drug-likeness (QED) is 0.243. The van der Waals surface area contributed by atoms with E-state index >= 15 is 0 Å². The van der Waals surface area contributed by atoms with Gasteiger partial charge in [-0.3, -0.25) is 9.79 Å². The number of aromatic nitrogens is 1. The molecule has 2 atom stereocenters. The van der Waals surface area contributed by atoms with E-state index < -0.39 is 11.6 Å². The molecule has 2 N–H and O–H groups in total. The Balaban J connectivity index is 1.29. The number of halogens is 3. The van der Waals surface area contributed by atoms with Gasteiger partial charge in [0.05, 0.1) is 23.5 Å². The van der Waals surface area contributed by atoms with Crippen molar-refractivity contribution in [3.05, 3.63) is 110 Å². The Hall–Kier alpha value is -3.70. The second kappa shape index (κ2) is 11.3. The summed E-state index contributed by atoms with van der Waals surface area (Å²) in [4.78, 5) is 24.5. The SMILES string of the molecule is CC1CN(C(=O)c2ccc(Nc3ccc4c(n3)-c3ccc(I)cc3C(c3c(F)cccc3F)=NC4)cc2)CC(C)N1. The van der Waals surface area contributed by atoms with Crippen molar-refractivity contribution in [2.24, 2.45) is 4.99 Å². The summed E-state index contributed by atoms with van der Waals surface area (Å²) in [5, 5.41) is 6.78. The predicted molar refractivity (Wildman–Crippen MR) is 166 cm³/mol. The second-order valence-electron chi connectivity index (χ2n) is 10.5. The van der Waals surface area contributed by atoms with Gasteiger partial charge in [0.2, 0.25) is 0 Å². The van der Waals surface area contributed by atoms with E-state index in [-0.39, 0.29) is 35.8 Å². The molecule has 1 amide bonds. The summed E-state index contributed by atoms with van der Waals surface area (Å²) in [7, 11) is 0. The molecule has 6 rings (SSSR count). The molecule has 2 aliphatic heterocycles. The van der Waals surface area contributed by atoms with Crippen LogP contribution in [-0.4, -0.2) is 46.7 Å². The van der Waals surface area contributed by atoms with Gasteiger partial charge in [0, 0.05) is 56.7 Å². The van der Waals surface area contributed by atoms with Crippen molar-refractivity contribution in [1.82, 2.24) is 15.2 Å². The van der Waals surface area contributed by atoms with Crippen molar-refractivity contribution in [2.45, 2.75) is 32.5 Å². The van der Waals surface area contributed by atoms with E-state index in [1.165, 1.54) is 18.2 Å². The average molecular weight is 664 g/mol. The van der Waals surface area contributed by atoms with Crippen LogP contribution in [0.1, 0.15) is 40.9 Å². The number of amides is 1. The largest absolute Gasteiger partial charge is 0.340 e. The monoisotopic (exact) mass is 663 g/mol. The zero-order valence-corrected chi connectivity index (χ0v) is 24.7. The van der Waals surface area contributed by atoms with Crippen molar-refractivity contribution >= 4 is 45.7 Å². The predicted octanol–water partition coefficient (Wildman–Crippen LogP) is 6.55. The zero-order valence-electron chi connectivity index (χ0n) is 22.6. The van der Waals surface area contributed by atoms with Crippen LogP contribution in [0.3, 0.4) is 0 Å². The maximum Gasteiger partial charge on any atom is 0.253 e. The number of nitrogens with one attached hydrogen (secondary N) is 2. The highest BCUT2D eigenvalue weighted by molar-refractivity contribution is 14.1. The Kier molecular flexibility index (Phi) is 7.56. The Morgan fingerprint density at radius 2 is 1.66 bits per heavy atom. The fourth-order valence-corrected chi connectivity index (χ4v) is 6.03. The van der Waals surface area contributed by atoms with Crippen LogP contribution in [0.25, 0.3) is 11.3 Å². The van der Waals surface area contributed by atoms with Crippen molar-refractivity contribution in [2.75, 3.05) is 18.4 Å². The molecule has 2 unspecified atom stereocenters. The Labute approximate surface area is 251 Å². The lowest BCUT2D eigenvalue weighted by atomic mass is 9.94. The molecule has 4 aromatic rings. The molecule has 0 aliphatic carbocycles. The molecule has 1 saturated heterocycles. The van der Waals surface area contributed by atoms with E-state index in [4.69, 9.17) is 4.98 Å². The van der Waals surface area contributed by atoms with Crippen molar-refractivity contribution in [1.29, 1.82) is 0 Å². The number of aliphatic imine (C=N–C) groups is 1. The zero-order chi connectivity index (χ0) is 28.7. The maximum absolute atomic E-state index is 14.8. The number of piperazine rings is 1. The number of anilines is 2. The number of benzene rings is 3. The van der Waals surface area contributed by atoms with Gasteiger partial charge in [-0.1, -0.05) is 18.2 Å². The first-order valence-corrected chi connectivity index (χ1v) is 14.6. The Morgan fingerprint density at radius 1 is 0.951 bits per heavy atom. The third-order valence-corrected chi connectivity index (χ3v) is 8.00. The highest BCUT2D eigenvalue weighted by atomic mass is 127. The van der Waals surface area contributed by atoms with Gasteiger partial charge >= 0.3 is 0 Å². The number of hydrogen-bond donors (Lipinski definition) is 2. The fraction of sp³-hybridized carbons (Fsp3) is 0.219. The third-order valence-electron chi connectivity index (χ3n) is 7.33. The highest BCUT2D eigenvalue weighted by Gasteiger charge is 2.26. The molecular formula is C32H28F2IN5O. The van der Waals surface area contributed by atoms with E-state index in [9.17, 15) is 13.6 Å². The molecule has 208 valence electrons. The molecule has 9 heteroatoms. The number of fused-ring (bicyclic) bond motifs is 3. The van der Waals surface area contributed by atoms with Gasteiger partial charge in [-0.2, -0.15) is 0 Å².